The highest BCUT2D eigenvalue weighted by Crippen LogP contribution is 2.04. The van der Waals surface area contributed by atoms with Crippen LogP contribution in [0.2, 0.25) is 0 Å². The molecule has 0 radical (unpaired) electrons. The average Bonchev–Trinajstić information content (AvgIpc) is 2.65. The molecule has 2 heterocycles. The van der Waals surface area contributed by atoms with E-state index in [-0.39, 0.29) is 5.78 Å². The van der Waals surface area contributed by atoms with Crippen molar-refractivity contribution in [3.63, 3.8) is 0 Å². The summed E-state index contributed by atoms with van der Waals surface area (Å²) in [7, 11) is 0. The highest BCUT2D eigenvalue weighted by atomic mass is 32.1. The van der Waals surface area contributed by atoms with E-state index in [2.05, 4.69) is 15.2 Å². The summed E-state index contributed by atoms with van der Waals surface area (Å²) in [6, 6.07) is 0. The van der Waals surface area contributed by atoms with Crippen LogP contribution < -0.4 is 5.32 Å². The van der Waals surface area contributed by atoms with Crippen molar-refractivity contribution in [2.45, 2.75) is 6.42 Å². The number of ketones is 1. The summed E-state index contributed by atoms with van der Waals surface area (Å²) in [4.78, 5) is 18.0. The fraction of sp³-hybridized carbons (Fsp3) is 0.600. The van der Waals surface area contributed by atoms with Gasteiger partial charge in [0.2, 0.25) is 0 Å². The van der Waals surface area contributed by atoms with Gasteiger partial charge in [-0.25, -0.2) is 4.98 Å². The molecule has 0 spiro atoms. The second-order valence-corrected chi connectivity index (χ2v) is 4.40. The number of Topliss-reactive ketones (excluding diaryl/α,β-unsaturated/α-hetero) is 1. The van der Waals surface area contributed by atoms with Crippen LogP contribution in [0.4, 0.5) is 0 Å². The second kappa shape index (κ2) is 5.34. The van der Waals surface area contributed by atoms with Gasteiger partial charge in [0.15, 0.2) is 5.78 Å². The topological polar surface area (TPSA) is 45.2 Å². The standard InChI is InChI=1S/C10H15N3OS/c14-10(9-7-15-8-12-9)6-13-4-1-2-11-3-5-13/h7-8,11H,1-6H2. The SMILES string of the molecule is O=C(CN1CCCNCC1)c1cscn1. The van der Waals surface area contributed by atoms with Crippen LogP contribution in [-0.4, -0.2) is 48.4 Å². The van der Waals surface area contributed by atoms with Gasteiger partial charge in [-0.1, -0.05) is 0 Å². The predicted molar refractivity (Wildman–Crippen MR) is 60.4 cm³/mol. The van der Waals surface area contributed by atoms with Gasteiger partial charge in [-0.2, -0.15) is 0 Å². The molecule has 0 atom stereocenters. The highest BCUT2D eigenvalue weighted by Gasteiger charge is 2.14. The maximum atomic E-state index is 11.8. The summed E-state index contributed by atoms with van der Waals surface area (Å²) < 4.78 is 0. The lowest BCUT2D eigenvalue weighted by Gasteiger charge is -2.17. The number of nitrogens with zero attached hydrogens (tertiary/aromatic N) is 2. The number of hydrogen-bond donors (Lipinski definition) is 1. The minimum absolute atomic E-state index is 0.137. The Labute approximate surface area is 93.3 Å². The molecule has 1 N–H and O–H groups in total. The first-order chi connectivity index (χ1) is 7.36. The lowest BCUT2D eigenvalue weighted by molar-refractivity contribution is 0.0931. The molecule has 1 fully saturated rings. The van der Waals surface area contributed by atoms with Crippen LogP contribution in [-0.2, 0) is 0 Å². The lowest BCUT2D eigenvalue weighted by Crippen LogP contribution is -2.33. The number of rotatable bonds is 3. The summed E-state index contributed by atoms with van der Waals surface area (Å²) in [6.07, 6.45) is 1.12. The minimum atomic E-state index is 0.137. The molecule has 1 aliphatic rings. The van der Waals surface area contributed by atoms with E-state index in [0.717, 1.165) is 32.6 Å². The van der Waals surface area contributed by atoms with Crippen molar-refractivity contribution in [2.24, 2.45) is 0 Å². The van der Waals surface area contributed by atoms with Crippen molar-refractivity contribution < 1.29 is 4.79 Å². The van der Waals surface area contributed by atoms with Crippen LogP contribution in [0.3, 0.4) is 0 Å². The molecule has 0 bridgehead atoms. The smallest absolute Gasteiger partial charge is 0.195 e. The first-order valence-corrected chi connectivity index (χ1v) is 6.15. The Balaban J connectivity index is 1.87. The van der Waals surface area contributed by atoms with Crippen LogP contribution in [0.15, 0.2) is 10.9 Å². The molecule has 0 unspecified atom stereocenters. The van der Waals surface area contributed by atoms with Crippen molar-refractivity contribution in [1.29, 1.82) is 0 Å². The molecule has 0 aromatic carbocycles. The number of carbonyl (C=O) groups is 1. The van der Waals surface area contributed by atoms with Gasteiger partial charge in [0.05, 0.1) is 12.1 Å². The molecule has 0 amide bonds. The molecule has 2 rings (SSSR count). The Bertz CT molecular complexity index is 304. The molecule has 5 heteroatoms. The normalized spacial score (nSPS) is 18.7. The van der Waals surface area contributed by atoms with Gasteiger partial charge in [-0.3, -0.25) is 9.69 Å². The fourth-order valence-corrected chi connectivity index (χ4v) is 2.25. The number of hydrogen-bond acceptors (Lipinski definition) is 5. The van der Waals surface area contributed by atoms with E-state index in [1.165, 1.54) is 11.3 Å². The summed E-state index contributed by atoms with van der Waals surface area (Å²) in [5.74, 6) is 0.137. The molecule has 82 valence electrons. The summed E-state index contributed by atoms with van der Waals surface area (Å²) in [5, 5.41) is 5.14. The van der Waals surface area contributed by atoms with Gasteiger partial charge in [0.1, 0.15) is 5.69 Å². The van der Waals surface area contributed by atoms with E-state index in [0.29, 0.717) is 12.2 Å². The third-order valence-corrected chi connectivity index (χ3v) is 3.10. The van der Waals surface area contributed by atoms with Crippen molar-refractivity contribution in [1.82, 2.24) is 15.2 Å². The highest BCUT2D eigenvalue weighted by molar-refractivity contribution is 7.07. The monoisotopic (exact) mass is 225 g/mol. The summed E-state index contributed by atoms with van der Waals surface area (Å²) in [5.41, 5.74) is 2.31. The zero-order valence-corrected chi connectivity index (χ0v) is 9.42. The van der Waals surface area contributed by atoms with Gasteiger partial charge in [-0.05, 0) is 19.5 Å². The van der Waals surface area contributed by atoms with Crippen LogP contribution in [0.25, 0.3) is 0 Å². The number of aromatic nitrogens is 1. The van der Waals surface area contributed by atoms with Crippen molar-refractivity contribution >= 4 is 17.1 Å². The summed E-state index contributed by atoms with van der Waals surface area (Å²) in [6.45, 7) is 4.50. The Morgan fingerprint density at radius 1 is 1.53 bits per heavy atom. The Morgan fingerprint density at radius 2 is 2.47 bits per heavy atom. The largest absolute Gasteiger partial charge is 0.315 e. The van der Waals surface area contributed by atoms with Crippen LogP contribution in [0, 0.1) is 0 Å². The number of thiazole rings is 1. The van der Waals surface area contributed by atoms with Gasteiger partial charge in [0.25, 0.3) is 0 Å². The first-order valence-electron chi connectivity index (χ1n) is 5.21. The zero-order chi connectivity index (χ0) is 10.5. The quantitative estimate of drug-likeness (QED) is 0.766. The molecular weight excluding hydrogens is 210 g/mol. The average molecular weight is 225 g/mol. The Kier molecular flexibility index (Phi) is 3.82. The van der Waals surface area contributed by atoms with E-state index in [4.69, 9.17) is 0 Å². The molecule has 1 aromatic heterocycles. The third-order valence-electron chi connectivity index (χ3n) is 2.52. The maximum Gasteiger partial charge on any atom is 0.195 e. The molecule has 15 heavy (non-hydrogen) atoms. The second-order valence-electron chi connectivity index (χ2n) is 3.68. The van der Waals surface area contributed by atoms with Crippen molar-refractivity contribution in [3.05, 3.63) is 16.6 Å². The molecular formula is C10H15N3OS. The zero-order valence-electron chi connectivity index (χ0n) is 8.61. The molecule has 1 aliphatic heterocycles. The van der Waals surface area contributed by atoms with E-state index >= 15 is 0 Å². The van der Waals surface area contributed by atoms with Gasteiger partial charge >= 0.3 is 0 Å². The third kappa shape index (κ3) is 3.09. The summed E-state index contributed by atoms with van der Waals surface area (Å²) >= 11 is 1.47. The molecule has 0 aliphatic carbocycles. The first kappa shape index (κ1) is 10.7. The van der Waals surface area contributed by atoms with Crippen LogP contribution in [0.1, 0.15) is 16.9 Å². The molecule has 1 aromatic rings. The van der Waals surface area contributed by atoms with Gasteiger partial charge < -0.3 is 5.32 Å². The molecule has 4 nitrogen and oxygen atoms in total. The lowest BCUT2D eigenvalue weighted by atomic mass is 10.3. The minimum Gasteiger partial charge on any atom is -0.315 e. The molecule has 0 saturated carbocycles. The van der Waals surface area contributed by atoms with E-state index in [1.807, 2.05) is 5.38 Å². The van der Waals surface area contributed by atoms with E-state index in [1.54, 1.807) is 5.51 Å². The van der Waals surface area contributed by atoms with Gasteiger partial charge in [-0.15, -0.1) is 11.3 Å². The molecule has 1 saturated heterocycles. The number of nitrogens with one attached hydrogen (secondary N) is 1. The predicted octanol–water partition coefficient (Wildman–Crippen LogP) is 0.621. The van der Waals surface area contributed by atoms with Crippen molar-refractivity contribution in [3.8, 4) is 0 Å². The van der Waals surface area contributed by atoms with E-state index in [9.17, 15) is 4.79 Å². The van der Waals surface area contributed by atoms with Crippen molar-refractivity contribution in [2.75, 3.05) is 32.7 Å². The van der Waals surface area contributed by atoms with E-state index < -0.39 is 0 Å². The number of carbonyl (C=O) groups excluding carboxylic acids is 1. The van der Waals surface area contributed by atoms with Crippen LogP contribution >= 0.6 is 11.3 Å². The fourth-order valence-electron chi connectivity index (χ4n) is 1.69. The Morgan fingerprint density at radius 3 is 3.27 bits per heavy atom. The van der Waals surface area contributed by atoms with Gasteiger partial charge in [0, 0.05) is 18.5 Å². The Hall–Kier alpha value is -0.780. The maximum absolute atomic E-state index is 11.8. The van der Waals surface area contributed by atoms with Crippen LogP contribution in [0.5, 0.6) is 0 Å².